The minimum atomic E-state index is -3.46. The van der Waals surface area contributed by atoms with Gasteiger partial charge in [0.2, 0.25) is 0 Å². The predicted octanol–water partition coefficient (Wildman–Crippen LogP) is 3.70. The van der Waals surface area contributed by atoms with E-state index in [0.717, 1.165) is 20.7 Å². The van der Waals surface area contributed by atoms with Gasteiger partial charge in [-0.3, -0.25) is 9.69 Å². The number of carbonyl (C=O) groups excluding carboxylic acids is 1. The molecule has 6 nitrogen and oxygen atoms in total. The van der Waals surface area contributed by atoms with Crippen LogP contribution < -0.4 is 0 Å². The van der Waals surface area contributed by atoms with Crippen LogP contribution in [-0.4, -0.2) is 60.7 Å². The SMILES string of the molecule is Cc1cc(C(=O)CN2CCN(S(=O)(=O)c3ccc(Br)s3)CC2)c(C)n1C(C)C. The standard InChI is InChI=1S/C19H26BrN3O3S2/c1-13(2)23-14(3)11-16(15(23)4)17(24)12-21-7-9-22(10-8-21)28(25,26)19-6-5-18(20)27-19/h5-6,11,13H,7-10,12H2,1-4H3. The van der Waals surface area contributed by atoms with Gasteiger partial charge >= 0.3 is 0 Å². The summed E-state index contributed by atoms with van der Waals surface area (Å²) in [4.78, 5) is 14.9. The van der Waals surface area contributed by atoms with Gasteiger partial charge in [-0.05, 0) is 61.8 Å². The fourth-order valence-electron chi connectivity index (χ4n) is 3.83. The van der Waals surface area contributed by atoms with Gasteiger partial charge in [-0.25, -0.2) is 8.42 Å². The van der Waals surface area contributed by atoms with Gasteiger partial charge in [0.1, 0.15) is 4.21 Å². The van der Waals surface area contributed by atoms with Gasteiger partial charge in [-0.15, -0.1) is 11.3 Å². The highest BCUT2D eigenvalue weighted by Gasteiger charge is 2.30. The molecule has 0 spiro atoms. The van der Waals surface area contributed by atoms with Gasteiger partial charge < -0.3 is 4.57 Å². The fourth-order valence-corrected chi connectivity index (χ4v) is 7.42. The van der Waals surface area contributed by atoms with E-state index < -0.39 is 10.0 Å². The Kier molecular flexibility index (Phi) is 6.51. The van der Waals surface area contributed by atoms with Crippen molar-refractivity contribution in [3.05, 3.63) is 38.9 Å². The van der Waals surface area contributed by atoms with E-state index >= 15 is 0 Å². The second kappa shape index (κ2) is 8.39. The Bertz CT molecular complexity index is 971. The van der Waals surface area contributed by atoms with Crippen LogP contribution in [0.2, 0.25) is 0 Å². The van der Waals surface area contributed by atoms with Crippen LogP contribution in [0.1, 0.15) is 41.6 Å². The summed E-state index contributed by atoms with van der Waals surface area (Å²) in [7, 11) is -3.46. The first-order chi connectivity index (χ1) is 13.1. The molecule has 0 N–H and O–H groups in total. The van der Waals surface area contributed by atoms with Crippen LogP contribution in [0.25, 0.3) is 0 Å². The van der Waals surface area contributed by atoms with Crippen molar-refractivity contribution in [1.29, 1.82) is 0 Å². The number of hydrogen-bond acceptors (Lipinski definition) is 5. The van der Waals surface area contributed by atoms with Crippen molar-refractivity contribution < 1.29 is 13.2 Å². The minimum Gasteiger partial charge on any atom is -0.346 e. The molecular weight excluding hydrogens is 462 g/mol. The van der Waals surface area contributed by atoms with Crippen LogP contribution >= 0.6 is 27.3 Å². The lowest BCUT2D eigenvalue weighted by molar-refractivity contribution is 0.0901. The maximum Gasteiger partial charge on any atom is 0.252 e. The van der Waals surface area contributed by atoms with Gasteiger partial charge in [-0.2, -0.15) is 4.31 Å². The molecule has 0 aliphatic carbocycles. The smallest absolute Gasteiger partial charge is 0.252 e. The minimum absolute atomic E-state index is 0.0958. The average Bonchev–Trinajstić information content (AvgIpc) is 3.19. The van der Waals surface area contributed by atoms with Gasteiger partial charge in [0.25, 0.3) is 10.0 Å². The quantitative estimate of drug-likeness (QED) is 0.582. The molecular formula is C19H26BrN3O3S2. The van der Waals surface area contributed by atoms with Crippen LogP contribution in [-0.2, 0) is 10.0 Å². The number of aryl methyl sites for hydroxylation is 1. The Labute approximate surface area is 179 Å². The number of rotatable bonds is 6. The average molecular weight is 488 g/mol. The summed E-state index contributed by atoms with van der Waals surface area (Å²) >= 11 is 4.54. The van der Waals surface area contributed by atoms with E-state index in [1.807, 2.05) is 24.8 Å². The zero-order valence-electron chi connectivity index (χ0n) is 16.6. The number of Topliss-reactive ketones (excluding diaryl/α,β-unsaturated/α-hetero) is 1. The maximum atomic E-state index is 12.8. The number of nitrogens with zero attached hydrogens (tertiary/aromatic N) is 3. The van der Waals surface area contributed by atoms with E-state index in [2.05, 4.69) is 34.3 Å². The summed E-state index contributed by atoms with van der Waals surface area (Å²) in [6.45, 7) is 10.5. The predicted molar refractivity (Wildman–Crippen MR) is 116 cm³/mol. The number of aromatic nitrogens is 1. The van der Waals surface area contributed by atoms with Crippen LogP contribution in [0, 0.1) is 13.8 Å². The monoisotopic (exact) mass is 487 g/mol. The third-order valence-corrected chi connectivity index (χ3v) is 9.13. The molecule has 3 heterocycles. The number of hydrogen-bond donors (Lipinski definition) is 0. The van der Waals surface area contributed by atoms with Crippen LogP contribution in [0.15, 0.2) is 26.2 Å². The molecule has 1 fully saturated rings. The lowest BCUT2D eigenvalue weighted by atomic mass is 10.1. The molecule has 1 aliphatic heterocycles. The number of thiophene rings is 1. The third-order valence-electron chi connectivity index (χ3n) is 5.14. The highest BCUT2D eigenvalue weighted by Crippen LogP contribution is 2.29. The molecule has 0 amide bonds. The van der Waals surface area contributed by atoms with Crippen molar-refractivity contribution in [3.63, 3.8) is 0 Å². The van der Waals surface area contributed by atoms with E-state index in [9.17, 15) is 13.2 Å². The molecule has 2 aromatic rings. The molecule has 0 aromatic carbocycles. The van der Waals surface area contributed by atoms with Crippen molar-refractivity contribution in [1.82, 2.24) is 13.8 Å². The first kappa shape index (κ1) is 21.7. The Balaban J connectivity index is 1.63. The topological polar surface area (TPSA) is 62.6 Å². The molecule has 154 valence electrons. The van der Waals surface area contributed by atoms with Gasteiger partial charge in [-0.1, -0.05) is 0 Å². The van der Waals surface area contributed by atoms with Crippen molar-refractivity contribution in [2.24, 2.45) is 0 Å². The Morgan fingerprint density at radius 2 is 1.82 bits per heavy atom. The normalized spacial score (nSPS) is 16.8. The highest BCUT2D eigenvalue weighted by molar-refractivity contribution is 9.11. The van der Waals surface area contributed by atoms with Crippen molar-refractivity contribution in [2.75, 3.05) is 32.7 Å². The summed E-state index contributed by atoms with van der Waals surface area (Å²) in [5.74, 6) is 0.0958. The fraction of sp³-hybridized carbons (Fsp3) is 0.526. The number of carbonyl (C=O) groups is 1. The van der Waals surface area contributed by atoms with Crippen molar-refractivity contribution in [2.45, 2.75) is 37.9 Å². The molecule has 1 saturated heterocycles. The molecule has 3 rings (SSSR count). The Morgan fingerprint density at radius 3 is 2.32 bits per heavy atom. The maximum absolute atomic E-state index is 12.8. The molecule has 0 atom stereocenters. The summed E-state index contributed by atoms with van der Waals surface area (Å²) in [5, 5.41) is 0. The molecule has 2 aromatic heterocycles. The lowest BCUT2D eigenvalue weighted by Crippen LogP contribution is -2.49. The zero-order valence-corrected chi connectivity index (χ0v) is 19.8. The second-order valence-electron chi connectivity index (χ2n) is 7.41. The van der Waals surface area contributed by atoms with Gasteiger partial charge in [0.05, 0.1) is 10.3 Å². The molecule has 0 radical (unpaired) electrons. The van der Waals surface area contributed by atoms with E-state index in [1.54, 1.807) is 12.1 Å². The number of piperazine rings is 1. The first-order valence-electron chi connectivity index (χ1n) is 9.30. The molecule has 0 saturated carbocycles. The van der Waals surface area contributed by atoms with Crippen molar-refractivity contribution in [3.8, 4) is 0 Å². The molecule has 0 bridgehead atoms. The van der Waals surface area contributed by atoms with Crippen molar-refractivity contribution >= 4 is 43.1 Å². The number of halogens is 1. The van der Waals surface area contributed by atoms with E-state index in [0.29, 0.717) is 43.0 Å². The molecule has 9 heteroatoms. The number of sulfonamides is 1. The van der Waals surface area contributed by atoms with Crippen LogP contribution in [0.5, 0.6) is 0 Å². The summed E-state index contributed by atoms with van der Waals surface area (Å²) in [5.41, 5.74) is 2.86. The molecule has 1 aliphatic rings. The van der Waals surface area contributed by atoms with Crippen LogP contribution in [0.3, 0.4) is 0 Å². The summed E-state index contributed by atoms with van der Waals surface area (Å²) in [6, 6.07) is 5.66. The second-order valence-corrected chi connectivity index (χ2v) is 12.0. The van der Waals surface area contributed by atoms with E-state index in [4.69, 9.17) is 0 Å². The first-order valence-corrected chi connectivity index (χ1v) is 12.4. The van der Waals surface area contributed by atoms with Gasteiger partial charge in [0, 0.05) is 49.2 Å². The van der Waals surface area contributed by atoms with E-state index in [1.165, 1.54) is 15.6 Å². The summed E-state index contributed by atoms with van der Waals surface area (Å²) < 4.78 is 30.3. The van der Waals surface area contributed by atoms with Crippen LogP contribution in [0.4, 0.5) is 0 Å². The summed E-state index contributed by atoms with van der Waals surface area (Å²) in [6.07, 6.45) is 0. The van der Waals surface area contributed by atoms with E-state index in [-0.39, 0.29) is 5.78 Å². The zero-order chi connectivity index (χ0) is 20.6. The Hall–Kier alpha value is -1.00. The molecule has 28 heavy (non-hydrogen) atoms. The van der Waals surface area contributed by atoms with Gasteiger partial charge in [0.15, 0.2) is 5.78 Å². The number of ketones is 1. The highest BCUT2D eigenvalue weighted by atomic mass is 79.9. The lowest BCUT2D eigenvalue weighted by Gasteiger charge is -2.33. The third kappa shape index (κ3) is 4.28. The molecule has 0 unspecified atom stereocenters. The largest absolute Gasteiger partial charge is 0.346 e. The Morgan fingerprint density at radius 1 is 1.18 bits per heavy atom.